The first-order valence-electron chi connectivity index (χ1n) is 8.87. The van der Waals surface area contributed by atoms with Crippen LogP contribution in [0.25, 0.3) is 11.0 Å². The second-order valence-corrected chi connectivity index (χ2v) is 6.86. The van der Waals surface area contributed by atoms with Gasteiger partial charge in [0.2, 0.25) is 0 Å². The Labute approximate surface area is 151 Å². The third-order valence-corrected chi connectivity index (χ3v) is 4.93. The van der Waals surface area contributed by atoms with E-state index in [-0.39, 0.29) is 11.9 Å². The summed E-state index contributed by atoms with van der Waals surface area (Å²) in [6.07, 6.45) is 1.31. The quantitative estimate of drug-likeness (QED) is 0.751. The van der Waals surface area contributed by atoms with Gasteiger partial charge in [-0.2, -0.15) is 0 Å². The molecule has 1 atom stereocenters. The number of ether oxygens (including phenoxy) is 1. The molecule has 3 aromatic rings. The summed E-state index contributed by atoms with van der Waals surface area (Å²) in [7, 11) is 2.10. The zero-order chi connectivity index (χ0) is 18.1. The van der Waals surface area contributed by atoms with Crippen LogP contribution in [-0.4, -0.2) is 46.2 Å². The molecule has 5 nitrogen and oxygen atoms in total. The summed E-state index contributed by atoms with van der Waals surface area (Å²) in [4.78, 5) is 10.2. The van der Waals surface area contributed by atoms with Crippen LogP contribution >= 0.6 is 0 Å². The highest BCUT2D eigenvalue weighted by Gasteiger charge is 2.27. The molecule has 1 aliphatic rings. The largest absolute Gasteiger partial charge is 0.507 e. The molecule has 4 rings (SSSR count). The predicted molar refractivity (Wildman–Crippen MR) is 97.6 cm³/mol. The van der Waals surface area contributed by atoms with E-state index < -0.39 is 11.9 Å². The number of fused-ring (bicyclic) bond motifs is 1. The van der Waals surface area contributed by atoms with E-state index in [9.17, 15) is 9.50 Å². The Bertz CT molecular complexity index is 870. The number of likely N-dealkylation sites (tertiary alicyclic amines) is 1. The van der Waals surface area contributed by atoms with E-state index in [4.69, 9.17) is 4.74 Å². The van der Waals surface area contributed by atoms with Gasteiger partial charge < -0.3 is 19.7 Å². The normalized spacial score (nSPS) is 17.6. The lowest BCUT2D eigenvalue weighted by Gasteiger charge is -2.31. The van der Waals surface area contributed by atoms with Crippen molar-refractivity contribution in [1.29, 1.82) is 0 Å². The summed E-state index contributed by atoms with van der Waals surface area (Å²) in [5, 5.41) is 10.3. The van der Waals surface area contributed by atoms with Gasteiger partial charge in [0.1, 0.15) is 23.5 Å². The van der Waals surface area contributed by atoms with Crippen molar-refractivity contribution in [3.05, 3.63) is 59.7 Å². The van der Waals surface area contributed by atoms with Crippen LogP contribution in [0.3, 0.4) is 0 Å². The van der Waals surface area contributed by atoms with Crippen molar-refractivity contribution in [1.82, 2.24) is 14.9 Å². The molecule has 2 heterocycles. The van der Waals surface area contributed by atoms with Crippen LogP contribution in [-0.2, 0) is 4.74 Å². The first-order valence-corrected chi connectivity index (χ1v) is 8.87. The van der Waals surface area contributed by atoms with E-state index >= 15 is 0 Å². The van der Waals surface area contributed by atoms with Gasteiger partial charge in [0.25, 0.3) is 0 Å². The molecule has 136 valence electrons. The van der Waals surface area contributed by atoms with Crippen molar-refractivity contribution in [2.24, 2.45) is 0 Å². The standard InChI is InChI=1S/C20H22FN3O2/c1-24-10-8-14(9-11-24)26-19(15-7-6-13(21)12-18(15)25)20-22-16-4-2-3-5-17(16)23-20/h2-7,12,14,19,25H,8-11H2,1H3,(H,22,23). The fourth-order valence-corrected chi connectivity index (χ4v) is 3.43. The number of para-hydroxylation sites is 2. The highest BCUT2D eigenvalue weighted by Crippen LogP contribution is 2.34. The van der Waals surface area contributed by atoms with Gasteiger partial charge in [-0.3, -0.25) is 0 Å². The van der Waals surface area contributed by atoms with Gasteiger partial charge in [0.05, 0.1) is 17.1 Å². The SMILES string of the molecule is CN1CCC(OC(c2nc3ccccc3[nH]2)c2ccc(F)cc2O)CC1. The third kappa shape index (κ3) is 3.43. The number of nitrogens with one attached hydrogen (secondary N) is 1. The van der Waals surface area contributed by atoms with E-state index in [0.717, 1.165) is 43.0 Å². The molecule has 0 radical (unpaired) electrons. The molecule has 0 spiro atoms. The number of nitrogens with zero attached hydrogens (tertiary/aromatic N) is 2. The number of hydrogen-bond donors (Lipinski definition) is 2. The first-order chi connectivity index (χ1) is 12.6. The molecule has 0 aliphatic carbocycles. The van der Waals surface area contributed by atoms with E-state index in [0.29, 0.717) is 11.4 Å². The molecule has 2 N–H and O–H groups in total. The zero-order valence-corrected chi connectivity index (χ0v) is 14.7. The number of rotatable bonds is 4. The van der Waals surface area contributed by atoms with Gasteiger partial charge in [-0.1, -0.05) is 12.1 Å². The second-order valence-electron chi connectivity index (χ2n) is 6.86. The summed E-state index contributed by atoms with van der Waals surface area (Å²) in [5.74, 6) is 0.0179. The van der Waals surface area contributed by atoms with Gasteiger partial charge in [0.15, 0.2) is 0 Å². The highest BCUT2D eigenvalue weighted by atomic mass is 19.1. The lowest BCUT2D eigenvalue weighted by molar-refractivity contribution is -0.0271. The molecular formula is C20H22FN3O2. The van der Waals surface area contributed by atoms with Gasteiger partial charge in [-0.15, -0.1) is 0 Å². The number of aromatic nitrogens is 2. The molecule has 0 bridgehead atoms. The maximum Gasteiger partial charge on any atom is 0.144 e. The first kappa shape index (κ1) is 17.0. The van der Waals surface area contributed by atoms with Crippen molar-refractivity contribution in [2.75, 3.05) is 20.1 Å². The number of imidazole rings is 1. The zero-order valence-electron chi connectivity index (χ0n) is 14.7. The van der Waals surface area contributed by atoms with E-state index in [1.54, 1.807) is 6.07 Å². The van der Waals surface area contributed by atoms with Crippen LogP contribution in [0, 0.1) is 5.82 Å². The second kappa shape index (κ2) is 7.05. The molecular weight excluding hydrogens is 333 g/mol. The van der Waals surface area contributed by atoms with Crippen LogP contribution in [0.1, 0.15) is 30.3 Å². The summed E-state index contributed by atoms with van der Waals surface area (Å²) >= 11 is 0. The van der Waals surface area contributed by atoms with Crippen molar-refractivity contribution in [3.63, 3.8) is 0 Å². The Morgan fingerprint density at radius 1 is 1.23 bits per heavy atom. The number of halogens is 1. The van der Waals surface area contributed by atoms with Crippen molar-refractivity contribution in [3.8, 4) is 5.75 Å². The minimum Gasteiger partial charge on any atom is -0.507 e. The maximum absolute atomic E-state index is 13.5. The van der Waals surface area contributed by atoms with Gasteiger partial charge in [-0.05, 0) is 44.2 Å². The Balaban J connectivity index is 1.70. The molecule has 6 heteroatoms. The Kier molecular flexibility index (Phi) is 4.61. The monoisotopic (exact) mass is 355 g/mol. The molecule has 1 aromatic heterocycles. The number of piperidine rings is 1. The smallest absolute Gasteiger partial charge is 0.144 e. The van der Waals surface area contributed by atoms with E-state index in [1.165, 1.54) is 6.07 Å². The minimum absolute atomic E-state index is 0.0638. The lowest BCUT2D eigenvalue weighted by atomic mass is 10.0. The van der Waals surface area contributed by atoms with Crippen LogP contribution < -0.4 is 0 Å². The average Bonchev–Trinajstić information content (AvgIpc) is 3.06. The van der Waals surface area contributed by atoms with Crippen LogP contribution in [0.2, 0.25) is 0 Å². The Morgan fingerprint density at radius 2 is 2.00 bits per heavy atom. The minimum atomic E-state index is -0.573. The Morgan fingerprint density at radius 3 is 2.73 bits per heavy atom. The van der Waals surface area contributed by atoms with Crippen LogP contribution in [0.5, 0.6) is 5.75 Å². The summed E-state index contributed by atoms with van der Waals surface area (Å²) < 4.78 is 19.8. The molecule has 1 unspecified atom stereocenters. The number of phenolic OH excluding ortho intramolecular Hbond substituents is 1. The van der Waals surface area contributed by atoms with Crippen LogP contribution in [0.15, 0.2) is 42.5 Å². The van der Waals surface area contributed by atoms with Crippen molar-refractivity contribution < 1.29 is 14.2 Å². The van der Waals surface area contributed by atoms with Crippen molar-refractivity contribution in [2.45, 2.75) is 25.0 Å². The highest BCUT2D eigenvalue weighted by molar-refractivity contribution is 5.75. The maximum atomic E-state index is 13.5. The average molecular weight is 355 g/mol. The number of benzene rings is 2. The van der Waals surface area contributed by atoms with E-state index in [2.05, 4.69) is 21.9 Å². The predicted octanol–water partition coefficient (Wildman–Crippen LogP) is 3.61. The molecule has 0 saturated carbocycles. The summed E-state index contributed by atoms with van der Waals surface area (Å²) in [5.41, 5.74) is 2.26. The van der Waals surface area contributed by atoms with Crippen molar-refractivity contribution >= 4 is 11.0 Å². The number of phenols is 1. The van der Waals surface area contributed by atoms with Gasteiger partial charge in [0, 0.05) is 24.7 Å². The lowest BCUT2D eigenvalue weighted by Crippen LogP contribution is -2.35. The molecule has 1 fully saturated rings. The molecule has 0 amide bonds. The number of hydrogen-bond acceptors (Lipinski definition) is 4. The fourth-order valence-electron chi connectivity index (χ4n) is 3.43. The third-order valence-electron chi connectivity index (χ3n) is 4.93. The Hall–Kier alpha value is -2.44. The van der Waals surface area contributed by atoms with Gasteiger partial charge >= 0.3 is 0 Å². The molecule has 26 heavy (non-hydrogen) atoms. The summed E-state index contributed by atoms with van der Waals surface area (Å²) in [6.45, 7) is 1.93. The molecule has 1 saturated heterocycles. The number of aromatic hydroxyl groups is 1. The van der Waals surface area contributed by atoms with E-state index in [1.807, 2.05) is 24.3 Å². The topological polar surface area (TPSA) is 61.4 Å². The molecule has 1 aliphatic heterocycles. The van der Waals surface area contributed by atoms with Gasteiger partial charge in [-0.25, -0.2) is 9.37 Å². The molecule has 2 aromatic carbocycles. The fraction of sp³-hybridized carbons (Fsp3) is 0.350. The summed E-state index contributed by atoms with van der Waals surface area (Å²) in [6, 6.07) is 11.8. The number of aromatic amines is 1. The van der Waals surface area contributed by atoms with Crippen LogP contribution in [0.4, 0.5) is 4.39 Å². The number of H-pyrrole nitrogens is 1.